The van der Waals surface area contributed by atoms with E-state index in [0.717, 1.165) is 5.56 Å². The molecule has 3 aromatic rings. The van der Waals surface area contributed by atoms with Crippen LogP contribution in [0, 0.1) is 0 Å². The predicted octanol–water partition coefficient (Wildman–Crippen LogP) is 3.63. The summed E-state index contributed by atoms with van der Waals surface area (Å²) >= 11 is 0. The minimum absolute atomic E-state index is 0.0591. The molecule has 0 radical (unpaired) electrons. The van der Waals surface area contributed by atoms with E-state index in [4.69, 9.17) is 0 Å². The Morgan fingerprint density at radius 3 is 2.46 bits per heavy atom. The summed E-state index contributed by atoms with van der Waals surface area (Å²) in [5.74, 6) is -2.42. The van der Waals surface area contributed by atoms with E-state index in [1.165, 1.54) is 12.1 Å². The Kier molecular flexibility index (Phi) is 13.8. The van der Waals surface area contributed by atoms with Crippen molar-refractivity contribution in [3.05, 3.63) is 70.0 Å². The van der Waals surface area contributed by atoms with Crippen LogP contribution in [0.2, 0.25) is 0 Å². The number of aromatic nitrogens is 1. The van der Waals surface area contributed by atoms with Gasteiger partial charge in [0.1, 0.15) is 11.9 Å². The number of rotatable bonds is 16. The third kappa shape index (κ3) is 11.6. The molecule has 12 nitrogen and oxygen atoms in total. The second-order valence-electron chi connectivity index (χ2n) is 12.5. The minimum atomic E-state index is -5.00. The molecular formula is C35H44F3N5O7. The van der Waals surface area contributed by atoms with Crippen LogP contribution in [0.25, 0.3) is 10.9 Å². The number of likely N-dealkylation sites (tertiary alicyclic amines) is 1. The number of aromatic hydroxyl groups is 1. The van der Waals surface area contributed by atoms with Crippen molar-refractivity contribution < 1.29 is 42.5 Å². The Morgan fingerprint density at radius 1 is 1.04 bits per heavy atom. The molecule has 0 saturated carbocycles. The summed E-state index contributed by atoms with van der Waals surface area (Å²) in [5.41, 5.74) is 2.25. The van der Waals surface area contributed by atoms with Gasteiger partial charge in [-0.2, -0.15) is 13.2 Å². The van der Waals surface area contributed by atoms with Gasteiger partial charge in [-0.1, -0.05) is 18.2 Å². The zero-order chi connectivity index (χ0) is 36.3. The van der Waals surface area contributed by atoms with E-state index in [1.54, 1.807) is 24.1 Å². The highest BCUT2D eigenvalue weighted by atomic mass is 19.4. The molecule has 0 unspecified atom stereocenters. The lowest BCUT2D eigenvalue weighted by atomic mass is 10.0. The summed E-state index contributed by atoms with van der Waals surface area (Å²) in [6, 6.07) is 13.5. The monoisotopic (exact) mass is 703 g/mol. The number of anilines is 1. The molecule has 1 aliphatic heterocycles. The lowest BCUT2D eigenvalue weighted by Gasteiger charge is -2.31. The minimum Gasteiger partial charge on any atom is -0.506 e. The number of fused-ring (bicyclic) bond motifs is 1. The third-order valence-corrected chi connectivity index (χ3v) is 8.69. The predicted molar refractivity (Wildman–Crippen MR) is 181 cm³/mol. The molecule has 2 aromatic carbocycles. The largest absolute Gasteiger partial charge is 0.506 e. The van der Waals surface area contributed by atoms with Crippen LogP contribution >= 0.6 is 0 Å². The molecule has 0 aliphatic carbocycles. The zero-order valence-electron chi connectivity index (χ0n) is 27.9. The molecule has 50 heavy (non-hydrogen) atoms. The molecule has 5 N–H and O–H groups in total. The van der Waals surface area contributed by atoms with E-state index in [0.29, 0.717) is 75.0 Å². The van der Waals surface area contributed by atoms with Crippen molar-refractivity contribution in [2.75, 3.05) is 51.6 Å². The number of aliphatic hydroxyl groups excluding tert-OH is 1. The van der Waals surface area contributed by atoms with Gasteiger partial charge in [-0.05, 0) is 74.0 Å². The number of H-pyrrole nitrogens is 1. The van der Waals surface area contributed by atoms with Crippen LogP contribution in [0.15, 0.2) is 53.3 Å². The Labute approximate surface area is 287 Å². The summed E-state index contributed by atoms with van der Waals surface area (Å²) in [7, 11) is 1.70. The molecule has 2 amide bonds. The number of ether oxygens (including phenoxy) is 1. The summed E-state index contributed by atoms with van der Waals surface area (Å²) in [6.07, 6.45) is -3.54. The Morgan fingerprint density at radius 2 is 1.76 bits per heavy atom. The molecule has 4 rings (SSSR count). The maximum absolute atomic E-state index is 12.5. The number of aromatic amines is 1. The maximum Gasteiger partial charge on any atom is 0.490 e. The maximum atomic E-state index is 12.5. The molecule has 0 bridgehead atoms. The van der Waals surface area contributed by atoms with E-state index in [-0.39, 0.29) is 54.4 Å². The molecule has 2 heterocycles. The molecule has 1 aromatic heterocycles. The number of amides is 2. The van der Waals surface area contributed by atoms with E-state index < -0.39 is 24.4 Å². The van der Waals surface area contributed by atoms with Crippen LogP contribution < -0.4 is 16.2 Å². The first-order valence-corrected chi connectivity index (χ1v) is 16.7. The summed E-state index contributed by atoms with van der Waals surface area (Å²) in [4.78, 5) is 53.8. The summed E-state index contributed by atoms with van der Waals surface area (Å²) in [5, 5.41) is 27.4. The van der Waals surface area contributed by atoms with Crippen molar-refractivity contribution in [1.29, 1.82) is 0 Å². The van der Waals surface area contributed by atoms with Gasteiger partial charge in [-0.15, -0.1) is 0 Å². The lowest BCUT2D eigenvalue weighted by Crippen LogP contribution is -2.41. The smallest absolute Gasteiger partial charge is 0.490 e. The number of aliphatic hydroxyl groups is 1. The number of nitrogens with zero attached hydrogens (tertiary/aromatic N) is 2. The van der Waals surface area contributed by atoms with Crippen molar-refractivity contribution in [2.24, 2.45) is 0 Å². The Balaban J connectivity index is 1.06. The van der Waals surface area contributed by atoms with Gasteiger partial charge in [-0.25, -0.2) is 4.79 Å². The number of piperidine rings is 1. The van der Waals surface area contributed by atoms with Crippen LogP contribution in [0.4, 0.5) is 18.9 Å². The van der Waals surface area contributed by atoms with Gasteiger partial charge < -0.3 is 40.4 Å². The van der Waals surface area contributed by atoms with Crippen LogP contribution in [0.1, 0.15) is 55.8 Å². The van der Waals surface area contributed by atoms with Gasteiger partial charge in [0.05, 0.1) is 11.6 Å². The number of pyridine rings is 1. The van der Waals surface area contributed by atoms with Crippen LogP contribution in [0.3, 0.4) is 0 Å². The molecule has 15 heteroatoms. The third-order valence-electron chi connectivity index (χ3n) is 8.69. The van der Waals surface area contributed by atoms with Gasteiger partial charge in [0, 0.05) is 69.8 Å². The number of carbonyl (C=O) groups excluding carboxylic acids is 3. The number of phenolic OH excluding ortho intramolecular Hbond substituents is 1. The highest BCUT2D eigenvalue weighted by Crippen LogP contribution is 2.28. The van der Waals surface area contributed by atoms with Crippen molar-refractivity contribution in [3.8, 4) is 5.75 Å². The van der Waals surface area contributed by atoms with Crippen molar-refractivity contribution >= 4 is 34.4 Å². The number of nitrogens with one attached hydrogen (secondary N) is 3. The van der Waals surface area contributed by atoms with E-state index >= 15 is 0 Å². The Bertz CT molecular complexity index is 1660. The molecule has 0 spiro atoms. The molecular weight excluding hydrogens is 659 g/mol. The summed E-state index contributed by atoms with van der Waals surface area (Å²) in [6.45, 7) is 2.72. The van der Waals surface area contributed by atoms with E-state index in [2.05, 4.69) is 20.4 Å². The Hall–Kier alpha value is -4.47. The summed E-state index contributed by atoms with van der Waals surface area (Å²) < 4.78 is 41.7. The van der Waals surface area contributed by atoms with Gasteiger partial charge in [0.25, 0.3) is 0 Å². The quantitative estimate of drug-likeness (QED) is 0.111. The van der Waals surface area contributed by atoms with Crippen LogP contribution in [-0.4, -0.2) is 101 Å². The number of unbranched alkanes of at least 4 members (excludes halogenated alkanes) is 1. The zero-order valence-corrected chi connectivity index (χ0v) is 27.9. The molecule has 1 aliphatic rings. The first-order valence-electron chi connectivity index (χ1n) is 16.7. The van der Waals surface area contributed by atoms with Gasteiger partial charge in [0.15, 0.2) is 0 Å². The lowest BCUT2D eigenvalue weighted by molar-refractivity contribution is -0.206. The first-order chi connectivity index (χ1) is 23.8. The number of phenols is 1. The average molecular weight is 704 g/mol. The number of carbonyl (C=O) groups is 3. The van der Waals surface area contributed by atoms with Gasteiger partial charge >= 0.3 is 12.1 Å². The van der Waals surface area contributed by atoms with Crippen LogP contribution in [0.5, 0.6) is 5.75 Å². The SMILES string of the molecule is CN(CCCCC(=O)Nc1ccc(CCNC[C@H](O)c2ccc(O)c3[nH]c(=O)ccc23)cc1)C(=O)CCN1CCC(OC(=O)C(F)(F)F)CC1. The van der Waals surface area contributed by atoms with E-state index in [1.807, 2.05) is 29.2 Å². The molecule has 1 fully saturated rings. The highest BCUT2D eigenvalue weighted by molar-refractivity contribution is 5.90. The number of benzene rings is 2. The number of halogens is 3. The molecule has 1 saturated heterocycles. The fourth-order valence-corrected chi connectivity index (χ4v) is 5.78. The molecule has 272 valence electrons. The number of alkyl halides is 3. The van der Waals surface area contributed by atoms with E-state index in [9.17, 15) is 42.6 Å². The van der Waals surface area contributed by atoms with Crippen molar-refractivity contribution in [1.82, 2.24) is 20.1 Å². The number of hydrogen-bond donors (Lipinski definition) is 5. The second-order valence-corrected chi connectivity index (χ2v) is 12.5. The number of esters is 1. The van der Waals surface area contributed by atoms with Gasteiger partial charge in [0.2, 0.25) is 17.4 Å². The topological polar surface area (TPSA) is 164 Å². The highest BCUT2D eigenvalue weighted by Gasteiger charge is 2.42. The molecule has 1 atom stereocenters. The van der Waals surface area contributed by atoms with Crippen molar-refractivity contribution in [2.45, 2.75) is 63.3 Å². The van der Waals surface area contributed by atoms with Gasteiger partial charge in [-0.3, -0.25) is 14.4 Å². The second kappa shape index (κ2) is 18.0. The average Bonchev–Trinajstić information content (AvgIpc) is 3.08. The normalized spacial score (nSPS) is 14.7. The first kappa shape index (κ1) is 38.3. The van der Waals surface area contributed by atoms with Crippen LogP contribution in [-0.2, 0) is 25.5 Å². The number of hydrogen-bond acceptors (Lipinski definition) is 9. The van der Waals surface area contributed by atoms with Crippen molar-refractivity contribution in [3.63, 3.8) is 0 Å². The fraction of sp³-hybridized carbons (Fsp3) is 0.486. The fourth-order valence-electron chi connectivity index (χ4n) is 5.78. The standard InChI is InChI=1S/C35H44F3N5O7/c1-42(32(48)16-21-43-19-14-25(15-20-43)50-34(49)35(36,37)38)18-3-2-4-30(46)40-24-7-5-23(6-8-24)13-17-39-22-29(45)26-9-11-28(44)33-27(26)10-12-31(47)41-33/h5-12,25,29,39,44-45H,2-4,13-22H2,1H3,(H,40,46)(H,41,47)/t29-/m0/s1.